The zero-order valence-corrected chi connectivity index (χ0v) is 12.1. The predicted molar refractivity (Wildman–Crippen MR) is 73.4 cm³/mol. The summed E-state index contributed by atoms with van der Waals surface area (Å²) in [4.78, 5) is 17.0. The summed E-state index contributed by atoms with van der Waals surface area (Å²) in [5.41, 5.74) is -0.594. The van der Waals surface area contributed by atoms with E-state index in [2.05, 4.69) is 45.3 Å². The Kier molecular flexibility index (Phi) is 3.16. The maximum atomic E-state index is 12.3. The number of hydrogen-bond acceptors (Lipinski definition) is 3. The molecule has 0 aromatic heterocycles. The van der Waals surface area contributed by atoms with E-state index in [-0.39, 0.29) is 11.4 Å². The number of carbonyl (C=O) groups is 1. The van der Waals surface area contributed by atoms with Gasteiger partial charge >= 0.3 is 0 Å². The standard InChI is InChI=1S/C14H25N3O/c1-9-6-7-14(10(2)8-9)11(18)15-12(17-14)16-13(3,4)5/h9-10H,6-8H2,1-5H3,(H2,15,16,17,18). The van der Waals surface area contributed by atoms with Gasteiger partial charge in [-0.15, -0.1) is 0 Å². The van der Waals surface area contributed by atoms with Crippen molar-refractivity contribution in [3.63, 3.8) is 0 Å². The molecule has 1 aliphatic carbocycles. The molecule has 0 bridgehead atoms. The van der Waals surface area contributed by atoms with Crippen LogP contribution in [-0.2, 0) is 4.79 Å². The number of hydrogen-bond donors (Lipinski definition) is 2. The van der Waals surface area contributed by atoms with Crippen molar-refractivity contribution < 1.29 is 4.79 Å². The Balaban J connectivity index is 2.20. The second-order valence-electron chi connectivity index (χ2n) is 6.99. The van der Waals surface area contributed by atoms with Crippen LogP contribution >= 0.6 is 0 Å². The zero-order chi connectivity index (χ0) is 13.6. The Morgan fingerprint density at radius 2 is 2.06 bits per heavy atom. The van der Waals surface area contributed by atoms with Crippen molar-refractivity contribution in [2.75, 3.05) is 0 Å². The van der Waals surface area contributed by atoms with Crippen LogP contribution in [0.5, 0.6) is 0 Å². The first-order valence-electron chi connectivity index (χ1n) is 6.92. The van der Waals surface area contributed by atoms with Gasteiger partial charge in [0.05, 0.1) is 0 Å². The van der Waals surface area contributed by atoms with Gasteiger partial charge in [-0.2, -0.15) is 0 Å². The molecular formula is C14H25N3O. The van der Waals surface area contributed by atoms with Gasteiger partial charge in [0.1, 0.15) is 5.54 Å². The molecule has 3 atom stereocenters. The van der Waals surface area contributed by atoms with Gasteiger partial charge in [-0.3, -0.25) is 10.1 Å². The minimum atomic E-state index is -0.514. The maximum Gasteiger partial charge on any atom is 0.254 e. The molecule has 4 nitrogen and oxygen atoms in total. The lowest BCUT2D eigenvalue weighted by atomic mass is 9.70. The lowest BCUT2D eigenvalue weighted by Crippen LogP contribution is -2.50. The van der Waals surface area contributed by atoms with Gasteiger partial charge in [0.25, 0.3) is 5.91 Å². The third-order valence-electron chi connectivity index (χ3n) is 4.02. The largest absolute Gasteiger partial charge is 0.351 e. The lowest BCUT2D eigenvalue weighted by Gasteiger charge is -2.37. The highest BCUT2D eigenvalue weighted by Crippen LogP contribution is 2.41. The Hall–Kier alpha value is -1.06. The second-order valence-corrected chi connectivity index (χ2v) is 6.99. The van der Waals surface area contributed by atoms with E-state index in [0.717, 1.165) is 19.3 Å². The van der Waals surface area contributed by atoms with Crippen molar-refractivity contribution in [2.24, 2.45) is 16.8 Å². The van der Waals surface area contributed by atoms with Gasteiger partial charge in [0, 0.05) is 5.54 Å². The number of aliphatic imine (C=N–C) groups is 1. The number of nitrogens with zero attached hydrogens (tertiary/aromatic N) is 1. The summed E-state index contributed by atoms with van der Waals surface area (Å²) in [6.45, 7) is 10.6. The topological polar surface area (TPSA) is 53.5 Å². The first-order chi connectivity index (χ1) is 8.23. The molecule has 2 N–H and O–H groups in total. The molecule has 3 unspecified atom stereocenters. The van der Waals surface area contributed by atoms with Crippen molar-refractivity contribution in [3.8, 4) is 0 Å². The van der Waals surface area contributed by atoms with Crippen LogP contribution in [0.2, 0.25) is 0 Å². The highest BCUT2D eigenvalue weighted by Gasteiger charge is 2.50. The molecule has 0 aromatic carbocycles. The average molecular weight is 251 g/mol. The molecule has 18 heavy (non-hydrogen) atoms. The Morgan fingerprint density at radius 3 is 2.61 bits per heavy atom. The molecule has 1 aliphatic heterocycles. The van der Waals surface area contributed by atoms with Crippen molar-refractivity contribution >= 4 is 11.9 Å². The molecular weight excluding hydrogens is 226 g/mol. The van der Waals surface area contributed by atoms with Crippen LogP contribution in [0.3, 0.4) is 0 Å². The third kappa shape index (κ3) is 2.38. The van der Waals surface area contributed by atoms with Crippen molar-refractivity contribution in [1.82, 2.24) is 10.6 Å². The van der Waals surface area contributed by atoms with E-state index in [1.807, 2.05) is 0 Å². The molecule has 0 radical (unpaired) electrons. The Labute approximate surface area is 110 Å². The van der Waals surface area contributed by atoms with E-state index >= 15 is 0 Å². The van der Waals surface area contributed by atoms with Gasteiger partial charge in [0.2, 0.25) is 0 Å². The van der Waals surface area contributed by atoms with Crippen molar-refractivity contribution in [3.05, 3.63) is 0 Å². The fourth-order valence-electron chi connectivity index (χ4n) is 3.04. The maximum absolute atomic E-state index is 12.3. The zero-order valence-electron chi connectivity index (χ0n) is 12.1. The first kappa shape index (κ1) is 13.4. The molecule has 0 aromatic rings. The van der Waals surface area contributed by atoms with Crippen LogP contribution in [0.25, 0.3) is 0 Å². The fraction of sp³-hybridized carbons (Fsp3) is 0.857. The summed E-state index contributed by atoms with van der Waals surface area (Å²) in [5.74, 6) is 1.75. The summed E-state index contributed by atoms with van der Waals surface area (Å²) < 4.78 is 0. The average Bonchev–Trinajstić information content (AvgIpc) is 2.48. The second kappa shape index (κ2) is 4.25. The number of carbonyl (C=O) groups excluding carboxylic acids is 1. The third-order valence-corrected chi connectivity index (χ3v) is 4.02. The SMILES string of the molecule is CC1CCC2(N=C(NC(C)(C)C)NC2=O)C(C)C1. The molecule has 102 valence electrons. The fourth-order valence-corrected chi connectivity index (χ4v) is 3.04. The number of nitrogens with one attached hydrogen (secondary N) is 2. The molecule has 2 aliphatic rings. The number of guanidine groups is 1. The van der Waals surface area contributed by atoms with E-state index in [4.69, 9.17) is 4.99 Å². The summed E-state index contributed by atoms with van der Waals surface area (Å²) in [6, 6.07) is 0. The van der Waals surface area contributed by atoms with Crippen LogP contribution in [0.1, 0.15) is 53.9 Å². The van der Waals surface area contributed by atoms with Crippen molar-refractivity contribution in [1.29, 1.82) is 0 Å². The molecule has 0 saturated heterocycles. The smallest absolute Gasteiger partial charge is 0.254 e. The number of rotatable bonds is 0. The summed E-state index contributed by atoms with van der Waals surface area (Å²) >= 11 is 0. The molecule has 1 heterocycles. The highest BCUT2D eigenvalue weighted by molar-refractivity contribution is 6.07. The molecule has 1 amide bonds. The lowest BCUT2D eigenvalue weighted by molar-refractivity contribution is -0.126. The van der Waals surface area contributed by atoms with Gasteiger partial charge in [-0.1, -0.05) is 13.8 Å². The van der Waals surface area contributed by atoms with Crippen LogP contribution in [0.4, 0.5) is 0 Å². The monoisotopic (exact) mass is 251 g/mol. The molecule has 4 heteroatoms. The summed E-state index contributed by atoms with van der Waals surface area (Å²) in [6.07, 6.45) is 3.04. The minimum Gasteiger partial charge on any atom is -0.351 e. The van der Waals surface area contributed by atoms with Crippen LogP contribution in [0.15, 0.2) is 4.99 Å². The van der Waals surface area contributed by atoms with Gasteiger partial charge < -0.3 is 5.32 Å². The predicted octanol–water partition coefficient (Wildman–Crippen LogP) is 2.06. The van der Waals surface area contributed by atoms with E-state index in [1.54, 1.807) is 0 Å². The Bertz CT molecular complexity index is 383. The van der Waals surface area contributed by atoms with Gasteiger partial charge in [0.15, 0.2) is 5.96 Å². The highest BCUT2D eigenvalue weighted by atomic mass is 16.2. The summed E-state index contributed by atoms with van der Waals surface area (Å²) in [7, 11) is 0. The quantitative estimate of drug-likeness (QED) is 0.692. The Morgan fingerprint density at radius 1 is 1.39 bits per heavy atom. The van der Waals surface area contributed by atoms with Gasteiger partial charge in [-0.25, -0.2) is 4.99 Å². The molecule has 1 saturated carbocycles. The van der Waals surface area contributed by atoms with E-state index in [0.29, 0.717) is 17.8 Å². The normalized spacial score (nSPS) is 36.5. The van der Waals surface area contributed by atoms with Crippen molar-refractivity contribution in [2.45, 2.75) is 65.0 Å². The van der Waals surface area contributed by atoms with E-state index < -0.39 is 5.54 Å². The van der Waals surface area contributed by atoms with Crippen LogP contribution in [-0.4, -0.2) is 22.9 Å². The first-order valence-corrected chi connectivity index (χ1v) is 6.92. The molecule has 2 rings (SSSR count). The van der Waals surface area contributed by atoms with Crippen LogP contribution in [0, 0.1) is 11.8 Å². The minimum absolute atomic E-state index is 0.0775. The summed E-state index contributed by atoms with van der Waals surface area (Å²) in [5, 5.41) is 6.19. The van der Waals surface area contributed by atoms with Gasteiger partial charge in [-0.05, 0) is 51.9 Å². The van der Waals surface area contributed by atoms with Crippen LogP contribution < -0.4 is 10.6 Å². The molecule has 1 fully saturated rings. The number of amides is 1. The van der Waals surface area contributed by atoms with E-state index in [9.17, 15) is 4.79 Å². The molecule has 1 spiro atoms. The van der Waals surface area contributed by atoms with E-state index in [1.165, 1.54) is 0 Å².